The molecule has 0 fully saturated rings. The van der Waals surface area contributed by atoms with Crippen LogP contribution in [-0.2, 0) is 6.42 Å². The van der Waals surface area contributed by atoms with Crippen LogP contribution >= 0.6 is 11.8 Å². The summed E-state index contributed by atoms with van der Waals surface area (Å²) in [5.41, 5.74) is 6.97. The van der Waals surface area contributed by atoms with E-state index in [9.17, 15) is 0 Å². The van der Waals surface area contributed by atoms with Crippen molar-refractivity contribution in [2.45, 2.75) is 31.2 Å². The maximum Gasteiger partial charge on any atom is 0.164 e. The molecule has 0 aliphatic carbocycles. The first-order valence-corrected chi connectivity index (χ1v) is 6.74. The highest BCUT2D eigenvalue weighted by molar-refractivity contribution is 7.99. The summed E-state index contributed by atoms with van der Waals surface area (Å²) in [6.45, 7) is 4.12. The summed E-state index contributed by atoms with van der Waals surface area (Å²) in [5, 5.41) is 0. The van der Waals surface area contributed by atoms with Gasteiger partial charge in [-0.1, -0.05) is 6.92 Å². The van der Waals surface area contributed by atoms with E-state index in [1.165, 1.54) is 4.90 Å². The molecule has 0 amide bonds. The van der Waals surface area contributed by atoms with Crippen molar-refractivity contribution >= 4 is 11.8 Å². The lowest BCUT2D eigenvalue weighted by Gasteiger charge is -2.16. The standard InChI is InChI=1S/C13H21NO2S/c1-5-17-11-7-10(6-9(2)14)13(16-4)12(8-11)15-3/h7-9H,5-6,14H2,1-4H3. The predicted octanol–water partition coefficient (Wildman–Crippen LogP) is 2.71. The fourth-order valence-corrected chi connectivity index (χ4v) is 2.51. The van der Waals surface area contributed by atoms with Crippen LogP contribution in [0.1, 0.15) is 19.4 Å². The molecular formula is C13H21NO2S. The van der Waals surface area contributed by atoms with E-state index in [1.807, 2.05) is 13.0 Å². The second kappa shape index (κ2) is 6.77. The van der Waals surface area contributed by atoms with Crippen molar-refractivity contribution in [3.63, 3.8) is 0 Å². The number of benzene rings is 1. The number of rotatable bonds is 6. The van der Waals surface area contributed by atoms with Crippen molar-refractivity contribution in [3.8, 4) is 11.5 Å². The molecule has 1 unspecified atom stereocenters. The van der Waals surface area contributed by atoms with E-state index in [0.717, 1.165) is 29.2 Å². The van der Waals surface area contributed by atoms with Gasteiger partial charge in [-0.2, -0.15) is 0 Å². The van der Waals surface area contributed by atoms with Crippen LogP contribution in [0, 0.1) is 0 Å². The van der Waals surface area contributed by atoms with Gasteiger partial charge in [-0.15, -0.1) is 11.8 Å². The van der Waals surface area contributed by atoms with Crippen molar-refractivity contribution < 1.29 is 9.47 Å². The maximum atomic E-state index is 5.86. The molecule has 17 heavy (non-hydrogen) atoms. The van der Waals surface area contributed by atoms with Crippen LogP contribution < -0.4 is 15.2 Å². The van der Waals surface area contributed by atoms with Gasteiger partial charge in [0.05, 0.1) is 14.2 Å². The molecule has 0 bridgehead atoms. The molecule has 0 aliphatic rings. The molecule has 4 heteroatoms. The Kier molecular flexibility index (Phi) is 5.65. The Labute approximate surface area is 108 Å². The van der Waals surface area contributed by atoms with E-state index in [-0.39, 0.29) is 6.04 Å². The molecule has 0 aromatic heterocycles. The zero-order valence-electron chi connectivity index (χ0n) is 10.9. The second-order valence-electron chi connectivity index (χ2n) is 3.93. The third-order valence-electron chi connectivity index (χ3n) is 2.38. The van der Waals surface area contributed by atoms with Crippen molar-refractivity contribution in [1.29, 1.82) is 0 Å². The number of ether oxygens (including phenoxy) is 2. The minimum absolute atomic E-state index is 0.107. The number of hydrogen-bond donors (Lipinski definition) is 1. The van der Waals surface area contributed by atoms with Crippen LogP contribution in [0.5, 0.6) is 11.5 Å². The topological polar surface area (TPSA) is 44.5 Å². The molecule has 1 rings (SSSR count). The lowest BCUT2D eigenvalue weighted by Crippen LogP contribution is -2.18. The van der Waals surface area contributed by atoms with Gasteiger partial charge < -0.3 is 15.2 Å². The van der Waals surface area contributed by atoms with E-state index in [0.29, 0.717) is 0 Å². The van der Waals surface area contributed by atoms with E-state index in [1.54, 1.807) is 26.0 Å². The first kappa shape index (κ1) is 14.2. The van der Waals surface area contributed by atoms with E-state index < -0.39 is 0 Å². The zero-order chi connectivity index (χ0) is 12.8. The van der Waals surface area contributed by atoms with E-state index in [4.69, 9.17) is 15.2 Å². The SMILES string of the molecule is CCSc1cc(CC(C)N)c(OC)c(OC)c1. The number of hydrogen-bond acceptors (Lipinski definition) is 4. The van der Waals surface area contributed by atoms with Crippen molar-refractivity contribution in [1.82, 2.24) is 0 Å². The molecule has 0 aliphatic heterocycles. The molecule has 0 heterocycles. The normalized spacial score (nSPS) is 12.3. The van der Waals surface area contributed by atoms with Crippen LogP contribution in [0.4, 0.5) is 0 Å². The molecule has 1 aromatic rings. The smallest absolute Gasteiger partial charge is 0.164 e. The summed E-state index contributed by atoms with van der Waals surface area (Å²) in [6.07, 6.45) is 0.789. The molecule has 0 spiro atoms. The monoisotopic (exact) mass is 255 g/mol. The van der Waals surface area contributed by atoms with Crippen LogP contribution in [0.3, 0.4) is 0 Å². The van der Waals surface area contributed by atoms with E-state index >= 15 is 0 Å². The van der Waals surface area contributed by atoms with Crippen molar-refractivity contribution in [2.75, 3.05) is 20.0 Å². The van der Waals surface area contributed by atoms with Gasteiger partial charge in [0.15, 0.2) is 11.5 Å². The van der Waals surface area contributed by atoms with Gasteiger partial charge in [0, 0.05) is 16.5 Å². The quantitative estimate of drug-likeness (QED) is 0.794. The Morgan fingerprint density at radius 2 is 2.00 bits per heavy atom. The molecule has 1 aromatic carbocycles. The number of thioether (sulfide) groups is 1. The predicted molar refractivity (Wildman–Crippen MR) is 73.3 cm³/mol. The summed E-state index contributed by atoms with van der Waals surface area (Å²) >= 11 is 1.79. The highest BCUT2D eigenvalue weighted by atomic mass is 32.2. The highest BCUT2D eigenvalue weighted by Gasteiger charge is 2.13. The van der Waals surface area contributed by atoms with Gasteiger partial charge in [-0.25, -0.2) is 0 Å². The Bertz CT molecular complexity index is 367. The van der Waals surface area contributed by atoms with Gasteiger partial charge in [0.2, 0.25) is 0 Å². The van der Waals surface area contributed by atoms with Crippen LogP contribution in [0.25, 0.3) is 0 Å². The molecule has 0 saturated carbocycles. The van der Waals surface area contributed by atoms with Crippen molar-refractivity contribution in [2.24, 2.45) is 5.73 Å². The third kappa shape index (κ3) is 3.82. The highest BCUT2D eigenvalue weighted by Crippen LogP contribution is 2.36. The Morgan fingerprint density at radius 3 is 2.47 bits per heavy atom. The molecule has 2 N–H and O–H groups in total. The first-order valence-electron chi connectivity index (χ1n) is 5.75. The third-order valence-corrected chi connectivity index (χ3v) is 3.24. The van der Waals surface area contributed by atoms with Gasteiger partial charge in [0.1, 0.15) is 0 Å². The van der Waals surface area contributed by atoms with Crippen LogP contribution in [0.2, 0.25) is 0 Å². The first-order chi connectivity index (χ1) is 8.12. The van der Waals surface area contributed by atoms with Gasteiger partial charge in [0.25, 0.3) is 0 Å². The molecule has 0 radical (unpaired) electrons. The molecule has 3 nitrogen and oxygen atoms in total. The average Bonchev–Trinajstić information content (AvgIpc) is 2.28. The second-order valence-corrected chi connectivity index (χ2v) is 5.27. The fourth-order valence-electron chi connectivity index (χ4n) is 1.76. The van der Waals surface area contributed by atoms with Gasteiger partial charge in [-0.05, 0) is 31.2 Å². The Hall–Kier alpha value is -0.870. The van der Waals surface area contributed by atoms with Crippen molar-refractivity contribution in [3.05, 3.63) is 17.7 Å². The number of methoxy groups -OCH3 is 2. The van der Waals surface area contributed by atoms with E-state index in [2.05, 4.69) is 13.0 Å². The maximum absolute atomic E-state index is 5.86. The minimum Gasteiger partial charge on any atom is -0.493 e. The molecule has 1 atom stereocenters. The summed E-state index contributed by atoms with van der Waals surface area (Å²) in [6, 6.07) is 4.26. The largest absolute Gasteiger partial charge is 0.493 e. The summed E-state index contributed by atoms with van der Waals surface area (Å²) in [4.78, 5) is 1.20. The Balaban J connectivity index is 3.16. The lowest BCUT2D eigenvalue weighted by molar-refractivity contribution is 0.350. The molecule has 0 saturated heterocycles. The minimum atomic E-state index is 0.107. The van der Waals surface area contributed by atoms with Gasteiger partial charge in [-0.3, -0.25) is 0 Å². The Morgan fingerprint density at radius 1 is 1.29 bits per heavy atom. The van der Waals surface area contributed by atoms with Crippen LogP contribution in [0.15, 0.2) is 17.0 Å². The number of nitrogens with two attached hydrogens (primary N) is 1. The fraction of sp³-hybridized carbons (Fsp3) is 0.538. The molecular weight excluding hydrogens is 234 g/mol. The molecule has 96 valence electrons. The van der Waals surface area contributed by atoms with Gasteiger partial charge >= 0.3 is 0 Å². The summed E-state index contributed by atoms with van der Waals surface area (Å²) in [7, 11) is 3.32. The summed E-state index contributed by atoms with van der Waals surface area (Å²) in [5.74, 6) is 2.61. The zero-order valence-corrected chi connectivity index (χ0v) is 11.8. The lowest BCUT2D eigenvalue weighted by atomic mass is 10.1. The summed E-state index contributed by atoms with van der Waals surface area (Å²) < 4.78 is 10.8. The average molecular weight is 255 g/mol. The van der Waals surface area contributed by atoms with Crippen LogP contribution in [-0.4, -0.2) is 26.0 Å².